The number of benzene rings is 1. The highest BCUT2D eigenvalue weighted by molar-refractivity contribution is 5.80. The summed E-state index contributed by atoms with van der Waals surface area (Å²) in [5.74, 6) is -0.352. The molecule has 18 heavy (non-hydrogen) atoms. The maximum Gasteiger partial charge on any atom is 0.236 e. The number of anilines is 1. The van der Waals surface area contributed by atoms with Gasteiger partial charge in [0, 0.05) is 6.04 Å². The third kappa shape index (κ3) is 2.62. The molecule has 0 heterocycles. The lowest BCUT2D eigenvalue weighted by Gasteiger charge is -2.30. The number of carbonyl (C=O) groups excluding carboxylic acids is 1. The lowest BCUT2D eigenvalue weighted by atomic mass is 10.1. The molecule has 4 nitrogen and oxygen atoms in total. The molecule has 1 aromatic carbocycles. The Balaban J connectivity index is 2.32. The monoisotopic (exact) mass is 243 g/mol. The predicted octanol–water partition coefficient (Wildman–Crippen LogP) is 1.79. The van der Waals surface area contributed by atoms with E-state index in [4.69, 9.17) is 11.0 Å². The van der Waals surface area contributed by atoms with Crippen molar-refractivity contribution in [3.8, 4) is 6.07 Å². The fourth-order valence-electron chi connectivity index (χ4n) is 2.61. The highest BCUT2D eigenvalue weighted by Gasteiger charge is 2.25. The average molecular weight is 243 g/mol. The van der Waals surface area contributed by atoms with E-state index in [0.717, 1.165) is 18.5 Å². The van der Waals surface area contributed by atoms with Crippen LogP contribution in [0.3, 0.4) is 0 Å². The van der Waals surface area contributed by atoms with Crippen LogP contribution in [0.4, 0.5) is 5.69 Å². The summed E-state index contributed by atoms with van der Waals surface area (Å²) in [6.45, 7) is 0.184. The maximum absolute atomic E-state index is 11.2. The van der Waals surface area contributed by atoms with Crippen molar-refractivity contribution in [3.63, 3.8) is 0 Å². The Morgan fingerprint density at radius 3 is 2.67 bits per heavy atom. The summed E-state index contributed by atoms with van der Waals surface area (Å²) in [5.41, 5.74) is 6.75. The molecular formula is C14H17N3O. The molecule has 1 aliphatic carbocycles. The van der Waals surface area contributed by atoms with E-state index < -0.39 is 0 Å². The average Bonchev–Trinajstić information content (AvgIpc) is 2.89. The molecule has 1 aliphatic rings. The fraction of sp³-hybridized carbons (Fsp3) is 0.429. The van der Waals surface area contributed by atoms with Crippen LogP contribution in [0.5, 0.6) is 0 Å². The molecule has 2 N–H and O–H groups in total. The molecule has 1 amide bonds. The van der Waals surface area contributed by atoms with E-state index in [-0.39, 0.29) is 12.5 Å². The van der Waals surface area contributed by atoms with Crippen molar-refractivity contribution < 1.29 is 4.79 Å². The highest BCUT2D eigenvalue weighted by Crippen LogP contribution is 2.29. The van der Waals surface area contributed by atoms with Crippen molar-refractivity contribution >= 4 is 11.6 Å². The predicted molar refractivity (Wildman–Crippen MR) is 70.0 cm³/mol. The molecule has 0 aromatic heterocycles. The summed E-state index contributed by atoms with van der Waals surface area (Å²) >= 11 is 0. The van der Waals surface area contributed by atoms with Crippen LogP contribution in [0.15, 0.2) is 24.3 Å². The molecule has 2 rings (SSSR count). The minimum absolute atomic E-state index is 0.184. The van der Waals surface area contributed by atoms with E-state index in [1.54, 1.807) is 6.07 Å². The third-order valence-corrected chi connectivity index (χ3v) is 3.43. The zero-order chi connectivity index (χ0) is 13.0. The number of nitriles is 1. The first-order valence-corrected chi connectivity index (χ1v) is 6.26. The molecule has 1 saturated carbocycles. The summed E-state index contributed by atoms with van der Waals surface area (Å²) in [7, 11) is 0. The minimum atomic E-state index is -0.352. The molecule has 0 atom stereocenters. The summed E-state index contributed by atoms with van der Waals surface area (Å²) in [5, 5.41) is 9.15. The number of rotatable bonds is 4. The van der Waals surface area contributed by atoms with Gasteiger partial charge in [0.25, 0.3) is 0 Å². The van der Waals surface area contributed by atoms with Gasteiger partial charge in [0.2, 0.25) is 5.91 Å². The second kappa shape index (κ2) is 5.54. The van der Waals surface area contributed by atoms with Gasteiger partial charge in [0.15, 0.2) is 0 Å². The van der Waals surface area contributed by atoms with E-state index in [9.17, 15) is 4.79 Å². The van der Waals surface area contributed by atoms with Gasteiger partial charge in [-0.05, 0) is 25.0 Å². The summed E-state index contributed by atoms with van der Waals surface area (Å²) < 4.78 is 0. The second-order valence-electron chi connectivity index (χ2n) is 4.66. The van der Waals surface area contributed by atoms with Crippen LogP contribution in [0.25, 0.3) is 0 Å². The zero-order valence-electron chi connectivity index (χ0n) is 10.3. The largest absolute Gasteiger partial charge is 0.368 e. The number of carbonyl (C=O) groups is 1. The van der Waals surface area contributed by atoms with Gasteiger partial charge < -0.3 is 10.6 Å². The first-order chi connectivity index (χ1) is 8.72. The SMILES string of the molecule is N#Cc1ccccc1N(CC(N)=O)C1CCCC1. The number of hydrogen-bond acceptors (Lipinski definition) is 3. The number of hydrogen-bond donors (Lipinski definition) is 1. The van der Waals surface area contributed by atoms with Gasteiger partial charge in [0.05, 0.1) is 17.8 Å². The molecule has 0 bridgehead atoms. The lowest BCUT2D eigenvalue weighted by molar-refractivity contribution is -0.116. The van der Waals surface area contributed by atoms with Crippen molar-refractivity contribution in [2.75, 3.05) is 11.4 Å². The molecule has 94 valence electrons. The van der Waals surface area contributed by atoms with Crippen LogP contribution >= 0.6 is 0 Å². The Morgan fingerprint density at radius 1 is 1.39 bits per heavy atom. The van der Waals surface area contributed by atoms with Crippen LogP contribution in [0.2, 0.25) is 0 Å². The van der Waals surface area contributed by atoms with E-state index in [1.807, 2.05) is 23.1 Å². The van der Waals surface area contributed by atoms with Crippen LogP contribution < -0.4 is 10.6 Å². The van der Waals surface area contributed by atoms with Gasteiger partial charge in [-0.2, -0.15) is 5.26 Å². The summed E-state index contributed by atoms with van der Waals surface area (Å²) in [6, 6.07) is 9.89. The van der Waals surface area contributed by atoms with Crippen molar-refractivity contribution in [2.24, 2.45) is 5.73 Å². The number of primary amides is 1. The first kappa shape index (κ1) is 12.4. The van der Waals surface area contributed by atoms with Gasteiger partial charge in [-0.1, -0.05) is 25.0 Å². The second-order valence-corrected chi connectivity index (χ2v) is 4.66. The van der Waals surface area contributed by atoms with Gasteiger partial charge in [-0.15, -0.1) is 0 Å². The molecule has 0 spiro atoms. The van der Waals surface area contributed by atoms with Crippen molar-refractivity contribution in [1.29, 1.82) is 5.26 Å². The van der Waals surface area contributed by atoms with E-state index in [0.29, 0.717) is 11.6 Å². The van der Waals surface area contributed by atoms with Gasteiger partial charge in [-0.3, -0.25) is 4.79 Å². The fourth-order valence-corrected chi connectivity index (χ4v) is 2.61. The molecule has 0 aliphatic heterocycles. The number of nitrogens with two attached hydrogens (primary N) is 1. The van der Waals surface area contributed by atoms with E-state index in [1.165, 1.54) is 12.8 Å². The lowest BCUT2D eigenvalue weighted by Crippen LogP contribution is -2.40. The van der Waals surface area contributed by atoms with Crippen molar-refractivity contribution in [1.82, 2.24) is 0 Å². The first-order valence-electron chi connectivity index (χ1n) is 6.26. The summed E-state index contributed by atoms with van der Waals surface area (Å²) in [4.78, 5) is 13.2. The molecule has 1 aromatic rings. The Labute approximate surface area is 107 Å². The van der Waals surface area contributed by atoms with Crippen LogP contribution in [-0.4, -0.2) is 18.5 Å². The maximum atomic E-state index is 11.2. The van der Waals surface area contributed by atoms with Gasteiger partial charge in [-0.25, -0.2) is 0 Å². The Bertz CT molecular complexity index is 472. The molecule has 4 heteroatoms. The third-order valence-electron chi connectivity index (χ3n) is 3.43. The number of nitrogens with zero attached hydrogens (tertiary/aromatic N) is 2. The van der Waals surface area contributed by atoms with E-state index in [2.05, 4.69) is 6.07 Å². The molecule has 0 unspecified atom stereocenters. The molecular weight excluding hydrogens is 226 g/mol. The van der Waals surface area contributed by atoms with Crippen molar-refractivity contribution in [3.05, 3.63) is 29.8 Å². The normalized spacial score (nSPS) is 15.3. The Morgan fingerprint density at radius 2 is 2.06 bits per heavy atom. The summed E-state index contributed by atoms with van der Waals surface area (Å²) in [6.07, 6.45) is 4.48. The quantitative estimate of drug-likeness (QED) is 0.876. The standard InChI is InChI=1S/C14H17N3O/c15-9-11-5-1-4-8-13(11)17(10-14(16)18)12-6-2-3-7-12/h1,4-5,8,12H,2-3,6-7,10H2,(H2,16,18). The zero-order valence-corrected chi connectivity index (χ0v) is 10.3. The van der Waals surface area contributed by atoms with Gasteiger partial charge in [0.1, 0.15) is 6.07 Å². The Hall–Kier alpha value is -2.02. The Kier molecular flexibility index (Phi) is 3.83. The van der Waals surface area contributed by atoms with Gasteiger partial charge >= 0.3 is 0 Å². The number of amides is 1. The van der Waals surface area contributed by atoms with Crippen molar-refractivity contribution in [2.45, 2.75) is 31.7 Å². The molecule has 0 radical (unpaired) electrons. The smallest absolute Gasteiger partial charge is 0.236 e. The molecule has 1 fully saturated rings. The highest BCUT2D eigenvalue weighted by atomic mass is 16.1. The topological polar surface area (TPSA) is 70.1 Å². The van der Waals surface area contributed by atoms with Crippen LogP contribution in [0, 0.1) is 11.3 Å². The van der Waals surface area contributed by atoms with Crippen LogP contribution in [-0.2, 0) is 4.79 Å². The molecule has 0 saturated heterocycles. The number of para-hydroxylation sites is 1. The van der Waals surface area contributed by atoms with Crippen LogP contribution in [0.1, 0.15) is 31.2 Å². The van der Waals surface area contributed by atoms with E-state index >= 15 is 0 Å². The minimum Gasteiger partial charge on any atom is -0.368 e.